The van der Waals surface area contributed by atoms with Gasteiger partial charge in [0, 0.05) is 12.3 Å². The number of hydrogen-bond donors (Lipinski definition) is 0. The summed E-state index contributed by atoms with van der Waals surface area (Å²) in [7, 11) is -3.13. The molecule has 0 saturated carbocycles. The second-order valence-corrected chi connectivity index (χ2v) is 15.7. The van der Waals surface area contributed by atoms with Crippen molar-refractivity contribution in [2.24, 2.45) is 28.6 Å². The summed E-state index contributed by atoms with van der Waals surface area (Å²) in [4.78, 5) is 12.8. The smallest absolute Gasteiger partial charge is 0.309 e. The molecule has 0 saturated heterocycles. The molecule has 3 unspecified atom stereocenters. The van der Waals surface area contributed by atoms with Gasteiger partial charge in [-0.05, 0) is 55.4 Å². The number of carbonyl (C=O) groups is 1. The molecule has 5 heteroatoms. The van der Waals surface area contributed by atoms with Crippen LogP contribution in [0.5, 0.6) is 0 Å². The Morgan fingerprint density at radius 1 is 0.912 bits per heavy atom. The molecule has 0 aliphatic rings. The first-order valence-electron chi connectivity index (χ1n) is 12.9. The van der Waals surface area contributed by atoms with E-state index in [1.807, 2.05) is 58.0 Å². The molecule has 0 fully saturated rings. The van der Waals surface area contributed by atoms with Gasteiger partial charge in [0.2, 0.25) is 7.37 Å². The Bertz CT molecular complexity index is 782. The summed E-state index contributed by atoms with van der Waals surface area (Å²) in [5.74, 6) is -0.221. The molecule has 1 aromatic rings. The maximum atomic E-state index is 14.4. The first-order valence-corrected chi connectivity index (χ1v) is 14.9. The minimum Gasteiger partial charge on any atom is -0.461 e. The maximum absolute atomic E-state index is 14.4. The van der Waals surface area contributed by atoms with Gasteiger partial charge in [0.25, 0.3) is 0 Å². The van der Waals surface area contributed by atoms with Crippen LogP contribution in [0.1, 0.15) is 94.6 Å². The second-order valence-electron chi connectivity index (χ2n) is 13.1. The Hall–Kier alpha value is -1.12. The highest BCUT2D eigenvalue weighted by Gasteiger charge is 2.44. The summed E-state index contributed by atoms with van der Waals surface area (Å²) in [5, 5.41) is 0. The molecule has 4 nitrogen and oxygen atoms in total. The number of ether oxygens (including phenoxy) is 1. The van der Waals surface area contributed by atoms with Crippen molar-refractivity contribution in [3.05, 3.63) is 35.9 Å². The van der Waals surface area contributed by atoms with Crippen LogP contribution in [0.2, 0.25) is 0 Å². The van der Waals surface area contributed by atoms with Crippen molar-refractivity contribution < 1.29 is 18.6 Å². The third-order valence-corrected chi connectivity index (χ3v) is 9.14. The predicted octanol–water partition coefficient (Wildman–Crippen LogP) is 8.58. The maximum Gasteiger partial charge on any atom is 0.309 e. The lowest BCUT2D eigenvalue weighted by atomic mass is 9.61. The third kappa shape index (κ3) is 10.6. The van der Waals surface area contributed by atoms with Gasteiger partial charge in [0.1, 0.15) is 6.61 Å². The first kappa shape index (κ1) is 30.9. The van der Waals surface area contributed by atoms with Gasteiger partial charge in [0.05, 0.1) is 11.5 Å². The SMILES string of the molecule is CCCC(CP(=O)(CC(C)C(=O)OCc1ccccc1)OC(C)(C)C)C(C(C)(C)C)C(C)(C)C. The van der Waals surface area contributed by atoms with Crippen molar-refractivity contribution in [1.29, 1.82) is 0 Å². The molecule has 3 atom stereocenters. The zero-order valence-corrected chi connectivity index (χ0v) is 24.6. The van der Waals surface area contributed by atoms with E-state index in [0.29, 0.717) is 12.1 Å². The lowest BCUT2D eigenvalue weighted by Gasteiger charge is -2.47. The molecular weight excluding hydrogens is 443 g/mol. The molecule has 1 rings (SSSR count). The van der Waals surface area contributed by atoms with Crippen LogP contribution in [-0.2, 0) is 25.2 Å². The number of rotatable bonds is 11. The van der Waals surface area contributed by atoms with E-state index in [2.05, 4.69) is 48.5 Å². The summed E-state index contributed by atoms with van der Waals surface area (Å²) >= 11 is 0. The van der Waals surface area contributed by atoms with Gasteiger partial charge in [-0.1, -0.05) is 92.1 Å². The third-order valence-electron chi connectivity index (χ3n) is 6.13. The van der Waals surface area contributed by atoms with E-state index in [4.69, 9.17) is 9.26 Å². The average Bonchev–Trinajstić information content (AvgIpc) is 2.62. The molecule has 1 aromatic carbocycles. The molecule has 0 N–H and O–H groups in total. The molecule has 0 spiro atoms. The molecule has 0 radical (unpaired) electrons. The molecule has 34 heavy (non-hydrogen) atoms. The van der Waals surface area contributed by atoms with Gasteiger partial charge in [0.15, 0.2) is 0 Å². The van der Waals surface area contributed by atoms with Crippen molar-refractivity contribution in [3.8, 4) is 0 Å². The van der Waals surface area contributed by atoms with E-state index in [9.17, 15) is 9.36 Å². The molecule has 0 bridgehead atoms. The van der Waals surface area contributed by atoms with E-state index < -0.39 is 18.9 Å². The summed E-state index contributed by atoms with van der Waals surface area (Å²) in [5.41, 5.74) is 0.507. The summed E-state index contributed by atoms with van der Waals surface area (Å²) in [6, 6.07) is 9.64. The number of carbonyl (C=O) groups excluding carboxylic acids is 1. The number of benzene rings is 1. The van der Waals surface area contributed by atoms with Crippen LogP contribution in [0.4, 0.5) is 0 Å². The monoisotopic (exact) mass is 494 g/mol. The highest BCUT2D eigenvalue weighted by atomic mass is 31.2. The highest BCUT2D eigenvalue weighted by Crippen LogP contribution is 2.57. The Balaban J connectivity index is 3.15. The van der Waals surface area contributed by atoms with Crippen LogP contribution >= 0.6 is 7.37 Å². The molecule has 0 aliphatic heterocycles. The van der Waals surface area contributed by atoms with Crippen LogP contribution in [0.25, 0.3) is 0 Å². The van der Waals surface area contributed by atoms with Crippen molar-refractivity contribution in [3.63, 3.8) is 0 Å². The fourth-order valence-electron chi connectivity index (χ4n) is 5.82. The van der Waals surface area contributed by atoms with Crippen LogP contribution < -0.4 is 0 Å². The van der Waals surface area contributed by atoms with Gasteiger partial charge in [-0.2, -0.15) is 0 Å². The predicted molar refractivity (Wildman–Crippen MR) is 144 cm³/mol. The molecule has 196 valence electrons. The Morgan fingerprint density at radius 3 is 1.88 bits per heavy atom. The van der Waals surface area contributed by atoms with E-state index in [0.717, 1.165) is 18.4 Å². The molecule has 0 aromatic heterocycles. The number of esters is 1. The minimum atomic E-state index is -3.13. The fourth-order valence-corrected chi connectivity index (χ4v) is 9.20. The lowest BCUT2D eigenvalue weighted by Crippen LogP contribution is -2.40. The first-order chi connectivity index (χ1) is 15.4. The molecule has 0 amide bonds. The lowest BCUT2D eigenvalue weighted by molar-refractivity contribution is -0.148. The van der Waals surface area contributed by atoms with Crippen molar-refractivity contribution in [2.75, 3.05) is 12.3 Å². The zero-order valence-electron chi connectivity index (χ0n) is 23.7. The van der Waals surface area contributed by atoms with Gasteiger partial charge < -0.3 is 9.26 Å². The van der Waals surface area contributed by atoms with Gasteiger partial charge in [-0.25, -0.2) is 0 Å². The standard InChI is InChI=1S/C29H51O4P/c1-12-16-24(25(27(3,4)5)28(6,7)8)21-34(31,33-29(9,10)11)20-22(2)26(30)32-19-23-17-14-13-15-18-23/h13-15,17-18,22,24-25H,12,16,19-21H2,1-11H3. The Kier molecular flexibility index (Phi) is 11.1. The van der Waals surface area contributed by atoms with Gasteiger partial charge in [-0.15, -0.1) is 0 Å². The Morgan fingerprint density at radius 2 is 1.44 bits per heavy atom. The van der Waals surface area contributed by atoms with Crippen LogP contribution in [0.3, 0.4) is 0 Å². The fraction of sp³-hybridized carbons (Fsp3) is 0.759. The average molecular weight is 495 g/mol. The van der Waals surface area contributed by atoms with Crippen LogP contribution in [-0.4, -0.2) is 23.9 Å². The summed E-state index contributed by atoms with van der Waals surface area (Å²) in [6.45, 7) is 23.7. The van der Waals surface area contributed by atoms with Gasteiger partial charge >= 0.3 is 5.97 Å². The Labute approximate surface area is 210 Å². The van der Waals surface area contributed by atoms with Crippen molar-refractivity contribution >= 4 is 13.3 Å². The molecular formula is C29H51O4P. The normalized spacial score (nSPS) is 16.7. The van der Waals surface area contributed by atoms with Crippen LogP contribution in [0.15, 0.2) is 30.3 Å². The van der Waals surface area contributed by atoms with Gasteiger partial charge in [-0.3, -0.25) is 9.36 Å². The van der Waals surface area contributed by atoms with E-state index in [1.54, 1.807) is 0 Å². The summed E-state index contributed by atoms with van der Waals surface area (Å²) < 4.78 is 26.3. The quantitative estimate of drug-likeness (QED) is 0.228. The van der Waals surface area contributed by atoms with E-state index in [-0.39, 0.29) is 35.5 Å². The molecule has 0 aliphatic carbocycles. The second kappa shape index (κ2) is 12.2. The zero-order chi connectivity index (χ0) is 26.4. The number of hydrogen-bond acceptors (Lipinski definition) is 4. The van der Waals surface area contributed by atoms with Crippen molar-refractivity contribution in [2.45, 2.75) is 101 Å². The van der Waals surface area contributed by atoms with Crippen LogP contribution in [0, 0.1) is 28.6 Å². The largest absolute Gasteiger partial charge is 0.461 e. The van der Waals surface area contributed by atoms with E-state index >= 15 is 0 Å². The summed E-state index contributed by atoms with van der Waals surface area (Å²) in [6.07, 6.45) is 2.72. The van der Waals surface area contributed by atoms with E-state index in [1.165, 1.54) is 0 Å². The van der Waals surface area contributed by atoms with Crippen molar-refractivity contribution in [1.82, 2.24) is 0 Å². The molecule has 0 heterocycles. The topological polar surface area (TPSA) is 52.6 Å². The highest BCUT2D eigenvalue weighted by molar-refractivity contribution is 7.59. The minimum absolute atomic E-state index is 0.0604.